The molecule has 39 heavy (non-hydrogen) atoms. The Hall–Kier alpha value is -3.95. The number of nitrogens with zero attached hydrogens (tertiary/aromatic N) is 3. The van der Waals surface area contributed by atoms with Gasteiger partial charge < -0.3 is 20.1 Å². The molecule has 1 unspecified atom stereocenters. The Morgan fingerprint density at radius 1 is 1.10 bits per heavy atom. The molecule has 0 spiro atoms. The summed E-state index contributed by atoms with van der Waals surface area (Å²) < 4.78 is 12.6. The van der Waals surface area contributed by atoms with Crippen molar-refractivity contribution in [1.29, 1.82) is 0 Å². The summed E-state index contributed by atoms with van der Waals surface area (Å²) in [5.74, 6) is 2.47. The minimum absolute atomic E-state index is 0.238. The third-order valence-corrected chi connectivity index (χ3v) is 7.33. The summed E-state index contributed by atoms with van der Waals surface area (Å²) in [5, 5.41) is 12.4. The number of fused-ring (bicyclic) bond motifs is 1. The molecule has 1 aliphatic rings. The number of hydrogen-bond donors (Lipinski definition) is 2. The van der Waals surface area contributed by atoms with Gasteiger partial charge >= 0.3 is 0 Å². The molecule has 1 aliphatic heterocycles. The van der Waals surface area contributed by atoms with Crippen LogP contribution in [0.15, 0.2) is 89.2 Å². The average molecular weight is 562 g/mol. The molecule has 4 aromatic rings. The van der Waals surface area contributed by atoms with E-state index in [1.165, 1.54) is 11.8 Å². The number of nitrogens with one attached hydrogen (secondary N) is 2. The molecule has 8 nitrogen and oxygen atoms in total. The van der Waals surface area contributed by atoms with Crippen LogP contribution in [0.4, 0.5) is 11.6 Å². The lowest BCUT2D eigenvalue weighted by molar-refractivity contribution is -0.113. The zero-order chi connectivity index (χ0) is 27.4. The Morgan fingerprint density at radius 2 is 1.85 bits per heavy atom. The van der Waals surface area contributed by atoms with Crippen LogP contribution in [0.1, 0.15) is 31.0 Å². The van der Waals surface area contributed by atoms with Crippen molar-refractivity contribution in [1.82, 2.24) is 14.8 Å². The van der Waals surface area contributed by atoms with Gasteiger partial charge in [0.15, 0.2) is 0 Å². The highest BCUT2D eigenvalue weighted by atomic mass is 35.5. The zero-order valence-electron chi connectivity index (χ0n) is 21.8. The van der Waals surface area contributed by atoms with Crippen LogP contribution in [-0.4, -0.2) is 34.4 Å². The van der Waals surface area contributed by atoms with Crippen molar-refractivity contribution in [3.05, 3.63) is 100 Å². The maximum absolute atomic E-state index is 13.7. The molecule has 0 radical (unpaired) electrons. The molecule has 2 heterocycles. The van der Waals surface area contributed by atoms with Crippen LogP contribution in [0.3, 0.4) is 0 Å². The maximum Gasteiger partial charge on any atom is 0.255 e. The number of amides is 1. The van der Waals surface area contributed by atoms with Crippen LogP contribution in [-0.2, 0) is 10.5 Å². The van der Waals surface area contributed by atoms with Gasteiger partial charge in [-0.3, -0.25) is 4.79 Å². The van der Waals surface area contributed by atoms with E-state index < -0.39 is 6.04 Å². The van der Waals surface area contributed by atoms with E-state index in [4.69, 9.17) is 31.2 Å². The predicted octanol–water partition coefficient (Wildman–Crippen LogP) is 6.56. The van der Waals surface area contributed by atoms with E-state index in [1.54, 1.807) is 36.1 Å². The Labute approximate surface area is 236 Å². The zero-order valence-corrected chi connectivity index (χ0v) is 23.3. The van der Waals surface area contributed by atoms with E-state index in [-0.39, 0.29) is 5.91 Å². The molecule has 3 aromatic carbocycles. The molecule has 0 saturated carbocycles. The second-order valence-corrected chi connectivity index (χ2v) is 10.2. The highest BCUT2D eigenvalue weighted by Crippen LogP contribution is 2.37. The third kappa shape index (κ3) is 6.05. The number of carbonyl (C=O) groups is 1. The second kappa shape index (κ2) is 11.8. The first kappa shape index (κ1) is 26.6. The van der Waals surface area contributed by atoms with Crippen molar-refractivity contribution in [2.45, 2.75) is 30.8 Å². The maximum atomic E-state index is 13.7. The molecular weight excluding hydrogens is 534 g/mol. The van der Waals surface area contributed by atoms with Gasteiger partial charge in [-0.05, 0) is 73.5 Å². The molecule has 5 rings (SSSR count). The second-order valence-electron chi connectivity index (χ2n) is 8.83. The molecule has 1 aromatic heterocycles. The van der Waals surface area contributed by atoms with Crippen LogP contribution in [0.2, 0.25) is 5.02 Å². The van der Waals surface area contributed by atoms with Crippen molar-refractivity contribution in [3.8, 4) is 11.5 Å². The highest BCUT2D eigenvalue weighted by molar-refractivity contribution is 7.98. The van der Waals surface area contributed by atoms with Crippen molar-refractivity contribution in [2.24, 2.45) is 0 Å². The number of halogens is 1. The van der Waals surface area contributed by atoms with Crippen molar-refractivity contribution in [2.75, 3.05) is 24.4 Å². The molecule has 1 amide bonds. The number of methoxy groups -OCH3 is 1. The third-order valence-electron chi connectivity index (χ3n) is 6.19. The SMILES string of the molecule is CCOc1ccc(C2C(C(=O)Nc3ccc(OC)cc3)=C(C)Nc3nc(SCc4cccc(Cl)c4)nn32)cc1. The lowest BCUT2D eigenvalue weighted by Crippen LogP contribution is -2.31. The molecule has 0 bridgehead atoms. The largest absolute Gasteiger partial charge is 0.497 e. The molecule has 1 atom stereocenters. The lowest BCUT2D eigenvalue weighted by Gasteiger charge is -2.28. The average Bonchev–Trinajstić information content (AvgIpc) is 3.34. The van der Waals surface area contributed by atoms with Gasteiger partial charge in [0.25, 0.3) is 5.91 Å². The molecule has 0 aliphatic carbocycles. The molecular formula is C29H28ClN5O3S. The van der Waals surface area contributed by atoms with E-state index in [2.05, 4.69) is 10.6 Å². The van der Waals surface area contributed by atoms with E-state index in [1.807, 2.05) is 62.4 Å². The molecule has 0 saturated heterocycles. The number of hydrogen-bond acceptors (Lipinski definition) is 7. The van der Waals surface area contributed by atoms with Gasteiger partial charge in [0, 0.05) is 22.2 Å². The smallest absolute Gasteiger partial charge is 0.255 e. The van der Waals surface area contributed by atoms with Gasteiger partial charge in [-0.25, -0.2) is 4.68 Å². The fourth-order valence-corrected chi connectivity index (χ4v) is 5.34. The monoisotopic (exact) mass is 561 g/mol. The van der Waals surface area contributed by atoms with Gasteiger partial charge in [0.05, 0.1) is 19.3 Å². The Morgan fingerprint density at radius 3 is 2.54 bits per heavy atom. The van der Waals surface area contributed by atoms with E-state index in [9.17, 15) is 4.79 Å². The number of ether oxygens (including phenoxy) is 2. The van der Waals surface area contributed by atoms with Crippen molar-refractivity contribution >= 4 is 40.9 Å². The summed E-state index contributed by atoms with van der Waals surface area (Å²) in [7, 11) is 1.61. The van der Waals surface area contributed by atoms with Gasteiger partial charge in [-0.15, -0.1) is 5.10 Å². The van der Waals surface area contributed by atoms with Gasteiger partial charge in [-0.1, -0.05) is 47.6 Å². The summed E-state index contributed by atoms with van der Waals surface area (Å²) in [4.78, 5) is 18.4. The summed E-state index contributed by atoms with van der Waals surface area (Å²) >= 11 is 7.65. The van der Waals surface area contributed by atoms with Crippen LogP contribution < -0.4 is 20.1 Å². The quantitative estimate of drug-likeness (QED) is 0.224. The van der Waals surface area contributed by atoms with E-state index in [0.29, 0.717) is 51.2 Å². The Balaban J connectivity index is 1.47. The predicted molar refractivity (Wildman–Crippen MR) is 155 cm³/mol. The molecule has 200 valence electrons. The summed E-state index contributed by atoms with van der Waals surface area (Å²) in [6.07, 6.45) is 0. The van der Waals surface area contributed by atoms with Crippen molar-refractivity contribution in [3.63, 3.8) is 0 Å². The summed E-state index contributed by atoms with van der Waals surface area (Å²) in [6, 6.07) is 22.2. The first-order valence-corrected chi connectivity index (χ1v) is 13.8. The number of benzene rings is 3. The summed E-state index contributed by atoms with van der Waals surface area (Å²) in [6.45, 7) is 4.39. The topological polar surface area (TPSA) is 90.3 Å². The number of thioether (sulfide) groups is 1. The minimum atomic E-state index is -0.497. The van der Waals surface area contributed by atoms with Crippen LogP contribution in [0.25, 0.3) is 0 Å². The standard InChI is InChI=1S/C29H28ClN5O3S/c1-4-38-24-12-8-20(9-13-24)26-25(27(36)32-22-10-14-23(37-3)15-11-22)18(2)31-28-33-29(34-35(26)28)39-17-19-6-5-7-21(30)16-19/h5-16,26H,4,17H2,1-3H3,(H,32,36)(H,31,33,34). The number of anilines is 2. The molecule has 10 heteroatoms. The van der Waals surface area contributed by atoms with Crippen LogP contribution in [0.5, 0.6) is 11.5 Å². The van der Waals surface area contributed by atoms with Crippen LogP contribution >= 0.6 is 23.4 Å². The number of allylic oxidation sites excluding steroid dienone is 1. The number of aromatic nitrogens is 3. The highest BCUT2D eigenvalue weighted by Gasteiger charge is 2.34. The van der Waals surface area contributed by atoms with E-state index in [0.717, 1.165) is 16.9 Å². The molecule has 0 fully saturated rings. The van der Waals surface area contributed by atoms with Gasteiger partial charge in [0.1, 0.15) is 17.5 Å². The lowest BCUT2D eigenvalue weighted by atomic mass is 9.95. The first-order valence-electron chi connectivity index (χ1n) is 12.4. The fourth-order valence-electron chi connectivity index (χ4n) is 4.36. The minimum Gasteiger partial charge on any atom is -0.497 e. The van der Waals surface area contributed by atoms with Gasteiger partial charge in [-0.2, -0.15) is 4.98 Å². The van der Waals surface area contributed by atoms with E-state index >= 15 is 0 Å². The Bertz CT molecular complexity index is 1500. The van der Waals surface area contributed by atoms with Gasteiger partial charge in [0.2, 0.25) is 11.1 Å². The first-order chi connectivity index (χ1) is 18.9. The summed E-state index contributed by atoms with van der Waals surface area (Å²) in [5.41, 5.74) is 3.86. The van der Waals surface area contributed by atoms with Crippen LogP contribution in [0, 0.1) is 0 Å². The number of rotatable bonds is 9. The normalized spacial score (nSPS) is 14.4. The number of carbonyl (C=O) groups excluding carboxylic acids is 1. The van der Waals surface area contributed by atoms with Crippen molar-refractivity contribution < 1.29 is 14.3 Å². The fraction of sp³-hybridized carbons (Fsp3) is 0.207. The Kier molecular flexibility index (Phi) is 8.09. The molecule has 2 N–H and O–H groups in total.